The monoisotopic (exact) mass is 201 g/mol. The zero-order valence-electron chi connectivity index (χ0n) is 9.21. The number of hydrogen-bond donors (Lipinski definition) is 0. The van der Waals surface area contributed by atoms with Crippen LogP contribution in [0.2, 0.25) is 0 Å². The Morgan fingerprint density at radius 2 is 1.64 bits per heavy atom. The fourth-order valence-electron chi connectivity index (χ4n) is 1.23. The predicted molar refractivity (Wildman–Crippen MR) is 54.2 cm³/mol. The van der Waals surface area contributed by atoms with Gasteiger partial charge in [0.1, 0.15) is 12.4 Å². The molecule has 0 spiro atoms. The van der Waals surface area contributed by atoms with Crippen molar-refractivity contribution >= 4 is 12.9 Å². The topological polar surface area (TPSA) is 46.6 Å². The molecule has 1 saturated heterocycles. The summed E-state index contributed by atoms with van der Waals surface area (Å²) in [7, 11) is 0. The van der Waals surface area contributed by atoms with Crippen LogP contribution in [0, 0.1) is 0 Å². The largest absolute Gasteiger partial charge is 0.444 e. The fourth-order valence-corrected chi connectivity index (χ4v) is 1.23. The average Bonchev–Trinajstić information content (AvgIpc) is 2.56. The number of rotatable bonds is 0. The summed E-state index contributed by atoms with van der Waals surface area (Å²) in [6, 6.07) is 0. The number of carbonyl (C=O) groups is 2. The van der Waals surface area contributed by atoms with Crippen molar-refractivity contribution in [3.8, 4) is 0 Å². The van der Waals surface area contributed by atoms with Gasteiger partial charge in [0.25, 0.3) is 0 Å². The van der Waals surface area contributed by atoms with Gasteiger partial charge in [-0.2, -0.15) is 0 Å². The standard InChI is InChI=1S/C9H17NO2.CH2O/c1-9(2,3)12-8(11)10-6-4-5-7-10;1-2/h4-7H2,1-3H3;1H2. The van der Waals surface area contributed by atoms with Gasteiger partial charge in [0.15, 0.2) is 0 Å². The Labute approximate surface area is 85.2 Å². The van der Waals surface area contributed by atoms with Crippen molar-refractivity contribution in [3.63, 3.8) is 0 Å². The Bertz CT molecular complexity index is 180. The van der Waals surface area contributed by atoms with Crippen LogP contribution in [-0.2, 0) is 9.53 Å². The van der Waals surface area contributed by atoms with Gasteiger partial charge in [-0.1, -0.05) is 0 Å². The molecule has 1 amide bonds. The van der Waals surface area contributed by atoms with E-state index in [9.17, 15) is 4.79 Å². The van der Waals surface area contributed by atoms with Gasteiger partial charge in [-0.3, -0.25) is 0 Å². The van der Waals surface area contributed by atoms with Crippen molar-refractivity contribution in [1.82, 2.24) is 4.90 Å². The normalized spacial score (nSPS) is 15.8. The Kier molecular flexibility index (Phi) is 5.20. The maximum Gasteiger partial charge on any atom is 0.410 e. The van der Waals surface area contributed by atoms with Crippen LogP contribution in [0.4, 0.5) is 4.79 Å². The summed E-state index contributed by atoms with van der Waals surface area (Å²) in [4.78, 5) is 21.1. The summed E-state index contributed by atoms with van der Waals surface area (Å²) in [5.74, 6) is 0. The molecule has 0 aromatic heterocycles. The van der Waals surface area contributed by atoms with E-state index in [1.807, 2.05) is 27.6 Å². The zero-order valence-corrected chi connectivity index (χ0v) is 9.21. The molecule has 4 heteroatoms. The van der Waals surface area contributed by atoms with Gasteiger partial charge in [-0.15, -0.1) is 0 Å². The van der Waals surface area contributed by atoms with Crippen molar-refractivity contribution in [2.45, 2.75) is 39.2 Å². The minimum absolute atomic E-state index is 0.167. The first-order chi connectivity index (χ1) is 6.49. The number of likely N-dealkylation sites (tertiary alicyclic amines) is 1. The molecule has 4 nitrogen and oxygen atoms in total. The van der Waals surface area contributed by atoms with Gasteiger partial charge < -0.3 is 14.4 Å². The van der Waals surface area contributed by atoms with Gasteiger partial charge in [-0.25, -0.2) is 4.79 Å². The SMILES string of the molecule is C=O.CC(C)(C)OC(=O)N1CCCC1. The van der Waals surface area contributed by atoms with E-state index in [1.54, 1.807) is 4.90 Å². The highest BCUT2D eigenvalue weighted by molar-refractivity contribution is 5.68. The summed E-state index contributed by atoms with van der Waals surface area (Å²) < 4.78 is 5.21. The fraction of sp³-hybridized carbons (Fsp3) is 0.800. The molecule has 0 N–H and O–H groups in total. The highest BCUT2D eigenvalue weighted by atomic mass is 16.6. The number of hydrogen-bond acceptors (Lipinski definition) is 3. The smallest absolute Gasteiger partial charge is 0.410 e. The first-order valence-corrected chi connectivity index (χ1v) is 4.76. The maximum atomic E-state index is 11.4. The first-order valence-electron chi connectivity index (χ1n) is 4.76. The third-order valence-corrected chi connectivity index (χ3v) is 1.76. The molecule has 0 aromatic rings. The van der Waals surface area contributed by atoms with Gasteiger partial charge in [0, 0.05) is 13.1 Å². The Balaban J connectivity index is 0.000000791. The van der Waals surface area contributed by atoms with Crippen molar-refractivity contribution in [2.75, 3.05) is 13.1 Å². The molecule has 1 fully saturated rings. The van der Waals surface area contributed by atoms with Crippen LogP contribution in [0.5, 0.6) is 0 Å². The van der Waals surface area contributed by atoms with Gasteiger partial charge in [0.2, 0.25) is 0 Å². The third-order valence-electron chi connectivity index (χ3n) is 1.76. The molecule has 0 bridgehead atoms. The van der Waals surface area contributed by atoms with E-state index in [-0.39, 0.29) is 11.7 Å². The van der Waals surface area contributed by atoms with Gasteiger partial charge in [0.05, 0.1) is 0 Å². The zero-order chi connectivity index (χ0) is 11.2. The third kappa shape index (κ3) is 4.84. The van der Waals surface area contributed by atoms with Crippen LogP contribution in [0.3, 0.4) is 0 Å². The van der Waals surface area contributed by atoms with Crippen LogP contribution >= 0.6 is 0 Å². The number of amides is 1. The van der Waals surface area contributed by atoms with E-state index in [0.29, 0.717) is 0 Å². The lowest BCUT2D eigenvalue weighted by atomic mass is 10.2. The molecule has 1 heterocycles. The van der Waals surface area contributed by atoms with E-state index in [1.165, 1.54) is 0 Å². The van der Waals surface area contributed by atoms with Crippen LogP contribution in [0.15, 0.2) is 0 Å². The molecule has 0 saturated carbocycles. The van der Waals surface area contributed by atoms with Crippen LogP contribution < -0.4 is 0 Å². The van der Waals surface area contributed by atoms with E-state index in [2.05, 4.69) is 0 Å². The van der Waals surface area contributed by atoms with Crippen LogP contribution in [-0.4, -0.2) is 36.5 Å². The van der Waals surface area contributed by atoms with Crippen molar-refractivity contribution in [1.29, 1.82) is 0 Å². The molecule has 1 aliphatic heterocycles. The second kappa shape index (κ2) is 5.62. The molecular weight excluding hydrogens is 182 g/mol. The molecule has 1 rings (SSSR count). The molecule has 0 radical (unpaired) electrons. The first kappa shape index (κ1) is 12.9. The lowest BCUT2D eigenvalue weighted by molar-refractivity contribution is -0.0980. The second-order valence-corrected chi connectivity index (χ2v) is 4.17. The van der Waals surface area contributed by atoms with E-state index >= 15 is 0 Å². The highest BCUT2D eigenvalue weighted by Gasteiger charge is 2.23. The molecule has 0 unspecified atom stereocenters. The minimum atomic E-state index is -0.361. The molecule has 1 aliphatic rings. The predicted octanol–water partition coefficient (Wildman–Crippen LogP) is 1.83. The molecule has 82 valence electrons. The maximum absolute atomic E-state index is 11.4. The molecule has 0 aromatic carbocycles. The van der Waals surface area contributed by atoms with Crippen LogP contribution in [0.25, 0.3) is 0 Å². The van der Waals surface area contributed by atoms with E-state index in [4.69, 9.17) is 9.53 Å². The summed E-state index contributed by atoms with van der Waals surface area (Å²) >= 11 is 0. The highest BCUT2D eigenvalue weighted by Crippen LogP contribution is 2.14. The quantitative estimate of drug-likeness (QED) is 0.600. The number of carbonyl (C=O) groups excluding carboxylic acids is 2. The molecule has 0 aliphatic carbocycles. The van der Waals surface area contributed by atoms with E-state index in [0.717, 1.165) is 25.9 Å². The molecular formula is C10H19NO3. The van der Waals surface area contributed by atoms with E-state index < -0.39 is 0 Å². The van der Waals surface area contributed by atoms with Crippen LogP contribution in [0.1, 0.15) is 33.6 Å². The second-order valence-electron chi connectivity index (χ2n) is 4.17. The van der Waals surface area contributed by atoms with Crippen molar-refractivity contribution in [2.24, 2.45) is 0 Å². The minimum Gasteiger partial charge on any atom is -0.444 e. The Morgan fingerprint density at radius 3 is 2.00 bits per heavy atom. The van der Waals surface area contributed by atoms with Crippen molar-refractivity contribution < 1.29 is 14.3 Å². The summed E-state index contributed by atoms with van der Waals surface area (Å²) in [6.45, 7) is 9.38. The Hall–Kier alpha value is -1.06. The number of nitrogens with zero attached hydrogens (tertiary/aromatic N) is 1. The molecule has 14 heavy (non-hydrogen) atoms. The molecule has 0 atom stereocenters. The number of ether oxygens (including phenoxy) is 1. The summed E-state index contributed by atoms with van der Waals surface area (Å²) in [6.07, 6.45) is 2.05. The van der Waals surface area contributed by atoms with Crippen molar-refractivity contribution in [3.05, 3.63) is 0 Å². The average molecular weight is 201 g/mol. The summed E-state index contributed by atoms with van der Waals surface area (Å²) in [5, 5.41) is 0. The summed E-state index contributed by atoms with van der Waals surface area (Å²) in [5.41, 5.74) is -0.361. The lowest BCUT2D eigenvalue weighted by Crippen LogP contribution is -2.34. The van der Waals surface area contributed by atoms with Gasteiger partial charge in [-0.05, 0) is 33.6 Å². The lowest BCUT2D eigenvalue weighted by Gasteiger charge is -2.23. The van der Waals surface area contributed by atoms with Gasteiger partial charge >= 0.3 is 6.09 Å². The Morgan fingerprint density at radius 1 is 1.21 bits per heavy atom.